The number of pyridine rings is 1. The quantitative estimate of drug-likeness (QED) is 0.196. The Morgan fingerprint density at radius 3 is 2.38 bits per heavy atom. The van der Waals surface area contributed by atoms with E-state index in [1.165, 1.54) is 54.9 Å². The summed E-state index contributed by atoms with van der Waals surface area (Å²) in [5.41, 5.74) is 9.88. The van der Waals surface area contributed by atoms with Gasteiger partial charge >= 0.3 is 0 Å². The van der Waals surface area contributed by atoms with E-state index in [1.54, 1.807) is 0 Å². The average Bonchev–Trinajstić information content (AvgIpc) is 2.91. The summed E-state index contributed by atoms with van der Waals surface area (Å²) in [5, 5.41) is 4.81. The summed E-state index contributed by atoms with van der Waals surface area (Å²) in [6.07, 6.45) is 6.82. The van der Waals surface area contributed by atoms with Crippen molar-refractivity contribution in [3.8, 4) is 22.3 Å². The molecule has 160 valence electrons. The Labute approximate surface area is 199 Å². The predicted molar refractivity (Wildman–Crippen MR) is 145 cm³/mol. The summed E-state index contributed by atoms with van der Waals surface area (Å²) >= 11 is 0. The molecule has 1 heteroatoms. The average molecular weight is 434 g/mol. The highest BCUT2D eigenvalue weighted by molar-refractivity contribution is 6.17. The summed E-state index contributed by atoms with van der Waals surface area (Å²) in [6, 6.07) is 37.4. The molecule has 6 aromatic rings. The van der Waals surface area contributed by atoms with Gasteiger partial charge in [0.1, 0.15) is 0 Å². The minimum absolute atomic E-state index is 1.03. The second kappa shape index (κ2) is 7.67. The highest BCUT2D eigenvalue weighted by Gasteiger charge is 2.14. The smallest absolute Gasteiger partial charge is 0.0794 e. The maximum atomic E-state index is 5.11. The molecule has 34 heavy (non-hydrogen) atoms. The standard InChI is InChI=1S/C33H23N/c1-2-10-24-20-26(17-16-22(24)8-1)25-11-7-12-27(21-25)32-29-14-5-6-15-31(29)34-33-28-13-4-3-9-23(28)18-19-30(32)33/h2-7,9-21H,1,8H2. The van der Waals surface area contributed by atoms with E-state index in [1.807, 2.05) is 0 Å². The molecule has 0 unspecified atom stereocenters. The van der Waals surface area contributed by atoms with Gasteiger partial charge in [0.15, 0.2) is 0 Å². The van der Waals surface area contributed by atoms with Gasteiger partial charge in [0, 0.05) is 21.7 Å². The molecule has 0 saturated heterocycles. The highest BCUT2D eigenvalue weighted by atomic mass is 14.7. The topological polar surface area (TPSA) is 12.9 Å². The minimum Gasteiger partial charge on any atom is -0.247 e. The van der Waals surface area contributed by atoms with Gasteiger partial charge < -0.3 is 0 Å². The van der Waals surface area contributed by atoms with Crippen LogP contribution >= 0.6 is 0 Å². The van der Waals surface area contributed by atoms with Crippen molar-refractivity contribution in [2.75, 3.05) is 0 Å². The molecule has 0 radical (unpaired) electrons. The summed E-state index contributed by atoms with van der Waals surface area (Å²) in [4.78, 5) is 5.11. The van der Waals surface area contributed by atoms with Crippen LogP contribution in [0.5, 0.6) is 0 Å². The van der Waals surface area contributed by atoms with Crippen LogP contribution in [0.1, 0.15) is 17.5 Å². The third-order valence-electron chi connectivity index (χ3n) is 7.08. The van der Waals surface area contributed by atoms with Gasteiger partial charge in [-0.2, -0.15) is 0 Å². The molecule has 0 N–H and O–H groups in total. The van der Waals surface area contributed by atoms with Gasteiger partial charge in [0.05, 0.1) is 11.0 Å². The van der Waals surface area contributed by atoms with Crippen LogP contribution in [0.15, 0.2) is 109 Å². The molecule has 1 nitrogen and oxygen atoms in total. The van der Waals surface area contributed by atoms with Crippen LogP contribution in [-0.2, 0) is 6.42 Å². The monoisotopic (exact) mass is 433 g/mol. The number of benzene rings is 5. The highest BCUT2D eigenvalue weighted by Crippen LogP contribution is 2.39. The SMILES string of the molecule is C1=Cc2cc(-c3cccc(-c4c5ccccc5nc5c4ccc4ccccc45)c3)ccc2CC1. The fraction of sp³-hybridized carbons (Fsp3) is 0.0606. The molecule has 1 heterocycles. The van der Waals surface area contributed by atoms with Crippen molar-refractivity contribution in [3.05, 3.63) is 120 Å². The summed E-state index contributed by atoms with van der Waals surface area (Å²) < 4.78 is 0. The van der Waals surface area contributed by atoms with Crippen LogP contribution in [0.4, 0.5) is 0 Å². The zero-order valence-corrected chi connectivity index (χ0v) is 18.8. The Morgan fingerprint density at radius 1 is 0.588 bits per heavy atom. The first kappa shape index (κ1) is 19.3. The second-order valence-corrected chi connectivity index (χ2v) is 9.12. The molecule has 0 atom stereocenters. The van der Waals surface area contributed by atoms with E-state index in [2.05, 4.69) is 115 Å². The zero-order valence-electron chi connectivity index (χ0n) is 18.8. The Balaban J connectivity index is 1.50. The maximum absolute atomic E-state index is 5.11. The molecule has 1 aromatic heterocycles. The van der Waals surface area contributed by atoms with Crippen molar-refractivity contribution in [2.45, 2.75) is 12.8 Å². The number of hydrogen-bond acceptors (Lipinski definition) is 1. The number of aromatic nitrogens is 1. The lowest BCUT2D eigenvalue weighted by Crippen LogP contribution is -1.94. The molecule has 5 aromatic carbocycles. The molecule has 7 rings (SSSR count). The molecule has 0 aliphatic heterocycles. The van der Waals surface area contributed by atoms with Gasteiger partial charge in [-0.25, -0.2) is 4.98 Å². The van der Waals surface area contributed by atoms with E-state index >= 15 is 0 Å². The van der Waals surface area contributed by atoms with E-state index in [0.29, 0.717) is 0 Å². The molecule has 1 aliphatic carbocycles. The first-order chi connectivity index (χ1) is 16.8. The lowest BCUT2D eigenvalue weighted by molar-refractivity contribution is 0.986. The number of fused-ring (bicyclic) bond motifs is 5. The number of para-hydroxylation sites is 1. The van der Waals surface area contributed by atoms with Crippen LogP contribution < -0.4 is 0 Å². The van der Waals surface area contributed by atoms with Gasteiger partial charge in [-0.1, -0.05) is 97.1 Å². The summed E-state index contributed by atoms with van der Waals surface area (Å²) in [5.74, 6) is 0. The summed E-state index contributed by atoms with van der Waals surface area (Å²) in [6.45, 7) is 0. The van der Waals surface area contributed by atoms with Gasteiger partial charge in [0.2, 0.25) is 0 Å². The molecule has 0 saturated carbocycles. The largest absolute Gasteiger partial charge is 0.247 e. The first-order valence-corrected chi connectivity index (χ1v) is 12.0. The third-order valence-corrected chi connectivity index (χ3v) is 7.08. The van der Waals surface area contributed by atoms with Crippen LogP contribution in [0, 0.1) is 0 Å². The van der Waals surface area contributed by atoms with E-state index in [-0.39, 0.29) is 0 Å². The number of nitrogens with zero attached hydrogens (tertiary/aromatic N) is 1. The number of allylic oxidation sites excluding steroid dienone is 1. The summed E-state index contributed by atoms with van der Waals surface area (Å²) in [7, 11) is 0. The lowest BCUT2D eigenvalue weighted by Gasteiger charge is -2.15. The molecule has 0 fully saturated rings. The maximum Gasteiger partial charge on any atom is 0.0794 e. The van der Waals surface area contributed by atoms with Crippen molar-refractivity contribution in [1.82, 2.24) is 4.98 Å². The number of aryl methyl sites for hydroxylation is 1. The Kier molecular flexibility index (Phi) is 4.35. The minimum atomic E-state index is 1.03. The molecule has 1 aliphatic rings. The van der Waals surface area contributed by atoms with Crippen LogP contribution in [-0.4, -0.2) is 4.98 Å². The van der Waals surface area contributed by atoms with Crippen molar-refractivity contribution >= 4 is 38.7 Å². The predicted octanol–water partition coefficient (Wildman–Crippen LogP) is 8.83. The molecule has 0 bridgehead atoms. The van der Waals surface area contributed by atoms with E-state index < -0.39 is 0 Å². The van der Waals surface area contributed by atoms with Crippen LogP contribution in [0.2, 0.25) is 0 Å². The van der Waals surface area contributed by atoms with Gasteiger partial charge in [0.25, 0.3) is 0 Å². The first-order valence-electron chi connectivity index (χ1n) is 12.0. The Bertz CT molecular complexity index is 1760. The molecule has 0 spiro atoms. The molecular weight excluding hydrogens is 410 g/mol. The van der Waals surface area contributed by atoms with E-state index in [0.717, 1.165) is 23.9 Å². The zero-order chi connectivity index (χ0) is 22.5. The van der Waals surface area contributed by atoms with Gasteiger partial charge in [-0.15, -0.1) is 0 Å². The normalized spacial score (nSPS) is 12.9. The van der Waals surface area contributed by atoms with Crippen molar-refractivity contribution in [3.63, 3.8) is 0 Å². The van der Waals surface area contributed by atoms with Gasteiger partial charge in [-0.05, 0) is 64.2 Å². The third kappa shape index (κ3) is 3.05. The van der Waals surface area contributed by atoms with Crippen LogP contribution in [0.3, 0.4) is 0 Å². The lowest BCUT2D eigenvalue weighted by atomic mass is 9.90. The fourth-order valence-electron chi connectivity index (χ4n) is 5.40. The number of hydrogen-bond donors (Lipinski definition) is 0. The second-order valence-electron chi connectivity index (χ2n) is 9.12. The fourth-order valence-corrected chi connectivity index (χ4v) is 5.40. The van der Waals surface area contributed by atoms with Crippen molar-refractivity contribution in [2.24, 2.45) is 0 Å². The Hall–Kier alpha value is -4.23. The van der Waals surface area contributed by atoms with E-state index in [4.69, 9.17) is 4.98 Å². The number of rotatable bonds is 2. The molecule has 0 amide bonds. The van der Waals surface area contributed by atoms with Crippen LogP contribution in [0.25, 0.3) is 60.9 Å². The van der Waals surface area contributed by atoms with Crippen molar-refractivity contribution in [1.29, 1.82) is 0 Å². The Morgan fingerprint density at radius 2 is 1.41 bits per heavy atom. The van der Waals surface area contributed by atoms with Gasteiger partial charge in [-0.3, -0.25) is 0 Å². The van der Waals surface area contributed by atoms with E-state index in [9.17, 15) is 0 Å². The molecular formula is C33H23N. The van der Waals surface area contributed by atoms with Crippen molar-refractivity contribution < 1.29 is 0 Å².